The van der Waals surface area contributed by atoms with Crippen molar-refractivity contribution in [2.75, 3.05) is 14.2 Å². The largest absolute Gasteiger partial charge is 0.493 e. The van der Waals surface area contributed by atoms with Crippen LogP contribution in [0.15, 0.2) is 36.4 Å². The number of halogens is 3. The number of nitro benzene ring substituents is 1. The van der Waals surface area contributed by atoms with Gasteiger partial charge in [-0.2, -0.15) is 8.78 Å². The number of hydrogen-bond donors (Lipinski definition) is 0. The van der Waals surface area contributed by atoms with Crippen LogP contribution in [0.5, 0.6) is 11.5 Å². The number of alkyl halides is 2. The summed E-state index contributed by atoms with van der Waals surface area (Å²) in [4.78, 5) is 24.2. The van der Waals surface area contributed by atoms with E-state index < -0.39 is 17.4 Å². The van der Waals surface area contributed by atoms with E-state index in [9.17, 15) is 23.7 Å². The smallest absolute Gasteiger partial charge is 0.387 e. The maximum Gasteiger partial charge on any atom is 0.387 e. The fourth-order valence-electron chi connectivity index (χ4n) is 2.34. The molecular weight excluding hydrogens is 386 g/mol. The van der Waals surface area contributed by atoms with E-state index in [1.165, 1.54) is 55.5 Å². The molecule has 7 nitrogen and oxygen atoms in total. The van der Waals surface area contributed by atoms with Gasteiger partial charge in [-0.15, -0.1) is 0 Å². The van der Waals surface area contributed by atoms with Crippen LogP contribution in [0.4, 0.5) is 14.5 Å². The van der Waals surface area contributed by atoms with Gasteiger partial charge in [-0.25, -0.2) is 0 Å². The van der Waals surface area contributed by atoms with Crippen LogP contribution < -0.4 is 9.47 Å². The highest BCUT2D eigenvalue weighted by atomic mass is 35.5. The topological polar surface area (TPSA) is 81.9 Å². The van der Waals surface area contributed by atoms with Gasteiger partial charge in [0.2, 0.25) is 0 Å². The van der Waals surface area contributed by atoms with Crippen LogP contribution in [0, 0.1) is 10.1 Å². The molecule has 0 saturated carbocycles. The Balaban J connectivity index is 2.22. The molecule has 2 rings (SSSR count). The third kappa shape index (κ3) is 5.04. The number of hydrogen-bond acceptors (Lipinski definition) is 5. The molecule has 0 radical (unpaired) electrons. The molecule has 2 aromatic carbocycles. The molecular formula is C17H15ClF2N2O5. The van der Waals surface area contributed by atoms with Gasteiger partial charge in [-0.1, -0.05) is 11.6 Å². The molecule has 0 atom stereocenters. The van der Waals surface area contributed by atoms with Crippen LogP contribution in [-0.2, 0) is 6.54 Å². The first kappa shape index (κ1) is 20.4. The normalized spacial score (nSPS) is 10.6. The minimum atomic E-state index is -3.03. The Hall–Kier alpha value is -2.94. The lowest BCUT2D eigenvalue weighted by molar-refractivity contribution is -0.384. The third-order valence-corrected chi connectivity index (χ3v) is 3.99. The molecule has 0 aliphatic heterocycles. The summed E-state index contributed by atoms with van der Waals surface area (Å²) in [6.45, 7) is -3.02. The second kappa shape index (κ2) is 8.63. The summed E-state index contributed by atoms with van der Waals surface area (Å²) in [6, 6.07) is 7.71. The molecule has 0 fully saturated rings. The van der Waals surface area contributed by atoms with Crippen molar-refractivity contribution in [1.82, 2.24) is 4.90 Å². The Morgan fingerprint density at radius 3 is 2.56 bits per heavy atom. The van der Waals surface area contributed by atoms with Gasteiger partial charge in [0.05, 0.1) is 12.0 Å². The predicted octanol–water partition coefficient (Wildman–Crippen LogP) is 4.13. The first-order valence-electron chi connectivity index (χ1n) is 7.54. The van der Waals surface area contributed by atoms with Crippen molar-refractivity contribution in [3.63, 3.8) is 0 Å². The van der Waals surface area contributed by atoms with Gasteiger partial charge in [-0.05, 0) is 29.8 Å². The lowest BCUT2D eigenvalue weighted by atomic mass is 10.1. The zero-order valence-corrected chi connectivity index (χ0v) is 15.1. The number of nitro groups is 1. The highest BCUT2D eigenvalue weighted by Crippen LogP contribution is 2.30. The van der Waals surface area contributed by atoms with Crippen LogP contribution in [0.25, 0.3) is 0 Å². The van der Waals surface area contributed by atoms with Crippen molar-refractivity contribution in [3.8, 4) is 11.5 Å². The minimum absolute atomic E-state index is 0.0109. The van der Waals surface area contributed by atoms with Gasteiger partial charge in [0.15, 0.2) is 11.5 Å². The van der Waals surface area contributed by atoms with E-state index in [1.807, 2.05) is 0 Å². The molecule has 0 aromatic heterocycles. The number of non-ortho nitro benzene ring substituents is 1. The Bertz CT molecular complexity index is 863. The maximum atomic E-state index is 12.6. The maximum absolute atomic E-state index is 12.6. The molecule has 144 valence electrons. The standard InChI is InChI=1S/C17H15ClF2N2O5/c1-21(9-11-7-12(22(24)25)4-5-13(11)18)16(23)10-3-6-14(27-17(19)20)15(8-10)26-2/h3-8,17H,9H2,1-2H3. The van der Waals surface area contributed by atoms with Crippen molar-refractivity contribution in [1.29, 1.82) is 0 Å². The third-order valence-electron chi connectivity index (χ3n) is 3.62. The van der Waals surface area contributed by atoms with E-state index >= 15 is 0 Å². The molecule has 0 heterocycles. The van der Waals surface area contributed by atoms with Crippen molar-refractivity contribution in [2.45, 2.75) is 13.2 Å². The quantitative estimate of drug-likeness (QED) is 0.515. The molecule has 0 spiro atoms. The van der Waals surface area contributed by atoms with E-state index in [4.69, 9.17) is 16.3 Å². The summed E-state index contributed by atoms with van der Waals surface area (Å²) < 4.78 is 34.0. The average molecular weight is 401 g/mol. The second-order valence-electron chi connectivity index (χ2n) is 5.44. The Labute approximate surface area is 158 Å². The molecule has 0 N–H and O–H groups in total. The van der Waals surface area contributed by atoms with Crippen molar-refractivity contribution in [2.24, 2.45) is 0 Å². The van der Waals surface area contributed by atoms with E-state index in [0.717, 1.165) is 0 Å². The van der Waals surface area contributed by atoms with Crippen LogP contribution in [0.3, 0.4) is 0 Å². The van der Waals surface area contributed by atoms with Crippen LogP contribution in [-0.4, -0.2) is 36.5 Å². The number of nitrogens with zero attached hydrogens (tertiary/aromatic N) is 2. The molecule has 2 aromatic rings. The van der Waals surface area contributed by atoms with E-state index in [2.05, 4.69) is 4.74 Å². The Kier molecular flexibility index (Phi) is 6.51. The highest BCUT2D eigenvalue weighted by Gasteiger charge is 2.19. The summed E-state index contributed by atoms with van der Waals surface area (Å²) >= 11 is 6.04. The summed E-state index contributed by atoms with van der Waals surface area (Å²) in [7, 11) is 2.74. The van der Waals surface area contributed by atoms with E-state index in [1.54, 1.807) is 0 Å². The molecule has 27 heavy (non-hydrogen) atoms. The van der Waals surface area contributed by atoms with Gasteiger partial charge in [-0.3, -0.25) is 14.9 Å². The summed E-state index contributed by atoms with van der Waals surface area (Å²) in [5.41, 5.74) is 0.411. The molecule has 1 amide bonds. The Morgan fingerprint density at radius 2 is 1.96 bits per heavy atom. The predicted molar refractivity (Wildman–Crippen MR) is 93.5 cm³/mol. The number of methoxy groups -OCH3 is 1. The van der Waals surface area contributed by atoms with Gasteiger partial charge in [0.25, 0.3) is 11.6 Å². The lowest BCUT2D eigenvalue weighted by Crippen LogP contribution is -2.26. The summed E-state index contributed by atoms with van der Waals surface area (Å²) in [5, 5.41) is 11.2. The fourth-order valence-corrected chi connectivity index (χ4v) is 2.51. The summed E-state index contributed by atoms with van der Waals surface area (Å²) in [5.74, 6) is -0.684. The monoisotopic (exact) mass is 400 g/mol. The average Bonchev–Trinajstić information content (AvgIpc) is 2.62. The van der Waals surface area contributed by atoms with Crippen LogP contribution in [0.2, 0.25) is 5.02 Å². The zero-order chi connectivity index (χ0) is 20.1. The summed E-state index contributed by atoms with van der Waals surface area (Å²) in [6.07, 6.45) is 0. The van der Waals surface area contributed by atoms with Crippen molar-refractivity contribution >= 4 is 23.2 Å². The van der Waals surface area contributed by atoms with E-state index in [0.29, 0.717) is 5.56 Å². The number of amides is 1. The SMILES string of the molecule is COc1cc(C(=O)N(C)Cc2cc([N+](=O)[O-])ccc2Cl)ccc1OC(F)F. The number of ether oxygens (including phenoxy) is 2. The second-order valence-corrected chi connectivity index (χ2v) is 5.85. The molecule has 0 bridgehead atoms. The first-order valence-corrected chi connectivity index (χ1v) is 7.92. The number of benzene rings is 2. The van der Waals surface area contributed by atoms with Gasteiger partial charge in [0.1, 0.15) is 0 Å². The molecule has 0 aliphatic rings. The highest BCUT2D eigenvalue weighted by molar-refractivity contribution is 6.31. The first-order chi connectivity index (χ1) is 12.7. The molecule has 0 saturated heterocycles. The van der Waals surface area contributed by atoms with Crippen LogP contribution >= 0.6 is 11.6 Å². The van der Waals surface area contributed by atoms with E-state index in [-0.39, 0.29) is 34.3 Å². The fraction of sp³-hybridized carbons (Fsp3) is 0.235. The molecule has 0 aliphatic carbocycles. The minimum Gasteiger partial charge on any atom is -0.493 e. The number of carbonyl (C=O) groups is 1. The number of carbonyl (C=O) groups excluding carboxylic acids is 1. The molecule has 0 unspecified atom stereocenters. The van der Waals surface area contributed by atoms with Crippen LogP contribution in [0.1, 0.15) is 15.9 Å². The van der Waals surface area contributed by atoms with Gasteiger partial charge < -0.3 is 14.4 Å². The molecule has 10 heteroatoms. The van der Waals surface area contributed by atoms with Gasteiger partial charge >= 0.3 is 6.61 Å². The van der Waals surface area contributed by atoms with Crippen molar-refractivity contribution < 1.29 is 28.0 Å². The van der Waals surface area contributed by atoms with Gasteiger partial charge in [0, 0.05) is 36.3 Å². The van der Waals surface area contributed by atoms with Crippen molar-refractivity contribution in [3.05, 3.63) is 62.7 Å². The lowest BCUT2D eigenvalue weighted by Gasteiger charge is -2.19. The Morgan fingerprint density at radius 1 is 1.26 bits per heavy atom. The zero-order valence-electron chi connectivity index (χ0n) is 14.3. The number of rotatable bonds is 7.